The minimum absolute atomic E-state index is 0.129. The number of rotatable bonds is 3. The summed E-state index contributed by atoms with van der Waals surface area (Å²) in [6.07, 6.45) is 7.92. The second-order valence-corrected chi connectivity index (χ2v) is 6.45. The number of hydrogen-bond donors (Lipinski definition) is 1. The fraction of sp³-hybridized carbons (Fsp3) is 1.00. The molecule has 1 N–H and O–H groups in total. The Hall–Kier alpha value is -0.0800. The van der Waals surface area contributed by atoms with Crippen LogP contribution in [-0.2, 0) is 4.74 Å². The van der Waals surface area contributed by atoms with Crippen molar-refractivity contribution in [1.29, 1.82) is 0 Å². The van der Waals surface area contributed by atoms with E-state index in [2.05, 4.69) is 26.1 Å². The molecule has 1 aliphatic heterocycles. The van der Waals surface area contributed by atoms with Gasteiger partial charge in [-0.05, 0) is 64.3 Å². The van der Waals surface area contributed by atoms with Gasteiger partial charge in [0.15, 0.2) is 0 Å². The first kappa shape index (κ1) is 12.4. The van der Waals surface area contributed by atoms with Crippen molar-refractivity contribution in [2.75, 3.05) is 13.2 Å². The maximum Gasteiger partial charge on any atom is 0.0632 e. The molecule has 0 aromatic rings. The monoisotopic (exact) mass is 225 g/mol. The molecule has 2 nitrogen and oxygen atoms in total. The lowest BCUT2D eigenvalue weighted by atomic mass is 9.70. The second kappa shape index (κ2) is 4.66. The zero-order valence-corrected chi connectivity index (χ0v) is 11.1. The van der Waals surface area contributed by atoms with Crippen molar-refractivity contribution in [2.45, 2.75) is 70.9 Å². The van der Waals surface area contributed by atoms with Crippen molar-refractivity contribution in [3.05, 3.63) is 0 Å². The summed E-state index contributed by atoms with van der Waals surface area (Å²) in [5.41, 5.74) is 0.650. The van der Waals surface area contributed by atoms with Gasteiger partial charge in [-0.3, -0.25) is 0 Å². The average molecular weight is 225 g/mol. The fourth-order valence-electron chi connectivity index (χ4n) is 3.46. The molecule has 2 aliphatic rings. The highest BCUT2D eigenvalue weighted by Gasteiger charge is 2.45. The quantitative estimate of drug-likeness (QED) is 0.797. The molecule has 1 heterocycles. The van der Waals surface area contributed by atoms with E-state index >= 15 is 0 Å². The molecule has 94 valence electrons. The molecular weight excluding hydrogens is 198 g/mol. The Morgan fingerprint density at radius 1 is 1.25 bits per heavy atom. The van der Waals surface area contributed by atoms with Crippen molar-refractivity contribution in [1.82, 2.24) is 5.32 Å². The van der Waals surface area contributed by atoms with E-state index < -0.39 is 0 Å². The second-order valence-electron chi connectivity index (χ2n) is 6.45. The van der Waals surface area contributed by atoms with Gasteiger partial charge in [0.1, 0.15) is 0 Å². The van der Waals surface area contributed by atoms with E-state index in [1.807, 2.05) is 0 Å². The Bertz CT molecular complexity index is 229. The topological polar surface area (TPSA) is 21.3 Å². The maximum absolute atomic E-state index is 5.93. The highest BCUT2D eigenvalue weighted by atomic mass is 16.5. The molecule has 0 atom stereocenters. The lowest BCUT2D eigenvalue weighted by Crippen LogP contribution is -2.38. The van der Waals surface area contributed by atoms with E-state index in [0.717, 1.165) is 12.6 Å². The third-order valence-electron chi connectivity index (χ3n) is 4.30. The van der Waals surface area contributed by atoms with Crippen LogP contribution >= 0.6 is 0 Å². The van der Waals surface area contributed by atoms with Crippen LogP contribution in [0.4, 0.5) is 0 Å². The minimum atomic E-state index is 0.129. The standard InChI is InChI=1S/C14H27NO/c1-4-9-15-12-5-7-14(8-6-12)10-13(2,3)16-11-14/h12,15H,4-11H2,1-3H3. The summed E-state index contributed by atoms with van der Waals surface area (Å²) in [6, 6.07) is 0.772. The van der Waals surface area contributed by atoms with Gasteiger partial charge in [0.05, 0.1) is 12.2 Å². The highest BCUT2D eigenvalue weighted by molar-refractivity contribution is 4.96. The molecule has 16 heavy (non-hydrogen) atoms. The predicted octanol–water partition coefficient (Wildman–Crippen LogP) is 3.11. The Labute approximate surface area is 100 Å². The molecule has 2 fully saturated rings. The number of ether oxygens (including phenoxy) is 1. The van der Waals surface area contributed by atoms with E-state index in [1.54, 1.807) is 0 Å². The summed E-state index contributed by atoms with van der Waals surface area (Å²) in [7, 11) is 0. The van der Waals surface area contributed by atoms with Crippen LogP contribution in [0.1, 0.15) is 59.3 Å². The van der Waals surface area contributed by atoms with Gasteiger partial charge in [-0.1, -0.05) is 6.92 Å². The van der Waals surface area contributed by atoms with Crippen LogP contribution in [0.3, 0.4) is 0 Å². The van der Waals surface area contributed by atoms with Gasteiger partial charge in [0.25, 0.3) is 0 Å². The smallest absolute Gasteiger partial charge is 0.0632 e. The lowest BCUT2D eigenvalue weighted by molar-refractivity contribution is 0.0277. The van der Waals surface area contributed by atoms with Crippen LogP contribution in [0.25, 0.3) is 0 Å². The molecule has 0 aromatic heterocycles. The molecule has 0 bridgehead atoms. The molecule has 0 radical (unpaired) electrons. The first-order chi connectivity index (χ1) is 7.55. The third kappa shape index (κ3) is 2.78. The zero-order chi connectivity index (χ0) is 11.6. The summed E-state index contributed by atoms with van der Waals surface area (Å²) < 4.78 is 5.93. The SMILES string of the molecule is CCCNC1CCC2(CC1)COC(C)(C)C2. The van der Waals surface area contributed by atoms with E-state index in [1.165, 1.54) is 45.1 Å². The first-order valence-corrected chi connectivity index (χ1v) is 6.93. The zero-order valence-electron chi connectivity index (χ0n) is 11.1. The summed E-state index contributed by atoms with van der Waals surface area (Å²) >= 11 is 0. The van der Waals surface area contributed by atoms with Crippen LogP contribution in [0.15, 0.2) is 0 Å². The normalized spacial score (nSPS) is 38.1. The number of hydrogen-bond acceptors (Lipinski definition) is 2. The van der Waals surface area contributed by atoms with Gasteiger partial charge >= 0.3 is 0 Å². The van der Waals surface area contributed by atoms with E-state index in [-0.39, 0.29) is 5.60 Å². The Morgan fingerprint density at radius 2 is 1.94 bits per heavy atom. The molecule has 1 aliphatic carbocycles. The molecule has 1 spiro atoms. The van der Waals surface area contributed by atoms with Crippen LogP contribution in [-0.4, -0.2) is 24.8 Å². The van der Waals surface area contributed by atoms with Crippen molar-refractivity contribution >= 4 is 0 Å². The van der Waals surface area contributed by atoms with E-state index in [0.29, 0.717) is 5.41 Å². The molecule has 0 amide bonds. The maximum atomic E-state index is 5.93. The number of nitrogens with one attached hydrogen (secondary N) is 1. The highest BCUT2D eigenvalue weighted by Crippen LogP contribution is 2.48. The summed E-state index contributed by atoms with van der Waals surface area (Å²) in [6.45, 7) is 8.90. The predicted molar refractivity (Wildman–Crippen MR) is 67.6 cm³/mol. The summed E-state index contributed by atoms with van der Waals surface area (Å²) in [4.78, 5) is 0. The minimum Gasteiger partial charge on any atom is -0.375 e. The molecule has 1 saturated heterocycles. The van der Waals surface area contributed by atoms with Gasteiger partial charge in [-0.2, -0.15) is 0 Å². The Balaban J connectivity index is 1.81. The van der Waals surface area contributed by atoms with Gasteiger partial charge < -0.3 is 10.1 Å². The molecule has 0 unspecified atom stereocenters. The van der Waals surface area contributed by atoms with Gasteiger partial charge in [0.2, 0.25) is 0 Å². The lowest BCUT2D eigenvalue weighted by Gasteiger charge is -2.37. The molecule has 2 heteroatoms. The molecule has 1 saturated carbocycles. The molecule has 0 aromatic carbocycles. The van der Waals surface area contributed by atoms with Gasteiger partial charge in [-0.25, -0.2) is 0 Å². The van der Waals surface area contributed by atoms with E-state index in [9.17, 15) is 0 Å². The van der Waals surface area contributed by atoms with Crippen molar-refractivity contribution in [3.63, 3.8) is 0 Å². The fourth-order valence-corrected chi connectivity index (χ4v) is 3.46. The van der Waals surface area contributed by atoms with Gasteiger partial charge in [-0.15, -0.1) is 0 Å². The average Bonchev–Trinajstić information content (AvgIpc) is 2.54. The van der Waals surface area contributed by atoms with Crippen LogP contribution < -0.4 is 5.32 Å². The van der Waals surface area contributed by atoms with E-state index in [4.69, 9.17) is 4.74 Å². The van der Waals surface area contributed by atoms with Crippen LogP contribution in [0.5, 0.6) is 0 Å². The van der Waals surface area contributed by atoms with Crippen LogP contribution in [0, 0.1) is 5.41 Å². The first-order valence-electron chi connectivity index (χ1n) is 6.93. The molecule has 2 rings (SSSR count). The largest absolute Gasteiger partial charge is 0.375 e. The van der Waals surface area contributed by atoms with Crippen molar-refractivity contribution in [2.24, 2.45) is 5.41 Å². The van der Waals surface area contributed by atoms with Gasteiger partial charge in [0, 0.05) is 6.04 Å². The third-order valence-corrected chi connectivity index (χ3v) is 4.30. The summed E-state index contributed by atoms with van der Waals surface area (Å²) in [5, 5.41) is 3.66. The Morgan fingerprint density at radius 3 is 2.44 bits per heavy atom. The Kier molecular flexibility index (Phi) is 3.60. The van der Waals surface area contributed by atoms with Crippen LogP contribution in [0.2, 0.25) is 0 Å². The van der Waals surface area contributed by atoms with Crippen molar-refractivity contribution in [3.8, 4) is 0 Å². The summed E-state index contributed by atoms with van der Waals surface area (Å²) in [5.74, 6) is 0. The van der Waals surface area contributed by atoms with Crippen molar-refractivity contribution < 1.29 is 4.74 Å². The molecular formula is C14H27NO.